The number of hydrogen-bond donors (Lipinski definition) is 1. The average Bonchev–Trinajstić information content (AvgIpc) is 2.78. The molecule has 1 aromatic heterocycles. The van der Waals surface area contributed by atoms with Gasteiger partial charge in [0.15, 0.2) is 0 Å². The summed E-state index contributed by atoms with van der Waals surface area (Å²) >= 11 is 0. The molecule has 10 heteroatoms. The predicted molar refractivity (Wildman–Crippen MR) is 105 cm³/mol. The third kappa shape index (κ3) is 4.56. The lowest BCUT2D eigenvalue weighted by Crippen LogP contribution is -2.51. The van der Waals surface area contributed by atoms with E-state index in [1.54, 1.807) is 11.0 Å². The Morgan fingerprint density at radius 2 is 1.97 bits per heavy atom. The van der Waals surface area contributed by atoms with E-state index < -0.39 is 11.7 Å². The van der Waals surface area contributed by atoms with Gasteiger partial charge >= 0.3 is 12.2 Å². The third-order valence-electron chi connectivity index (χ3n) is 5.52. The number of alkyl halides is 3. The summed E-state index contributed by atoms with van der Waals surface area (Å²) in [6.45, 7) is 2.53. The number of rotatable bonds is 2. The van der Waals surface area contributed by atoms with Crippen LogP contribution in [0, 0.1) is 11.3 Å². The van der Waals surface area contributed by atoms with E-state index in [1.165, 1.54) is 18.3 Å². The number of nitrogens with one attached hydrogen (secondary N) is 1. The molecule has 2 aromatic rings. The number of nitrogens with zero attached hydrogens (tertiary/aromatic N) is 4. The second-order valence-corrected chi connectivity index (χ2v) is 7.40. The van der Waals surface area contributed by atoms with Crippen LogP contribution < -0.4 is 10.1 Å². The molecule has 2 amide bonds. The van der Waals surface area contributed by atoms with E-state index >= 15 is 0 Å². The molecule has 1 aromatic carbocycles. The molecule has 2 aliphatic heterocycles. The highest BCUT2D eigenvalue weighted by molar-refractivity contribution is 5.89. The van der Waals surface area contributed by atoms with E-state index in [9.17, 15) is 18.0 Å². The van der Waals surface area contributed by atoms with Gasteiger partial charge in [0.05, 0.1) is 24.1 Å². The van der Waals surface area contributed by atoms with Gasteiger partial charge in [0.1, 0.15) is 17.5 Å². The quantitative estimate of drug-likeness (QED) is 0.785. The molecule has 1 atom stereocenters. The van der Waals surface area contributed by atoms with Crippen molar-refractivity contribution in [3.63, 3.8) is 0 Å². The molecule has 0 saturated carbocycles. The van der Waals surface area contributed by atoms with E-state index in [-0.39, 0.29) is 23.5 Å². The van der Waals surface area contributed by atoms with Crippen molar-refractivity contribution in [1.29, 1.82) is 5.26 Å². The van der Waals surface area contributed by atoms with Gasteiger partial charge in [0.25, 0.3) is 0 Å². The maximum Gasteiger partial charge on any atom is 0.416 e. The van der Waals surface area contributed by atoms with Crippen molar-refractivity contribution in [2.75, 3.05) is 38.1 Å². The number of hydrogen-bond acceptors (Lipinski definition) is 5. The van der Waals surface area contributed by atoms with Gasteiger partial charge in [-0.05, 0) is 24.3 Å². The minimum atomic E-state index is -4.41. The Kier molecular flexibility index (Phi) is 5.69. The van der Waals surface area contributed by atoms with Crippen LogP contribution in [0.15, 0.2) is 36.5 Å². The first-order chi connectivity index (χ1) is 14.8. The highest BCUT2D eigenvalue weighted by atomic mass is 19.4. The smallest absolute Gasteiger partial charge is 0.416 e. The van der Waals surface area contributed by atoms with Crippen molar-refractivity contribution in [2.24, 2.45) is 0 Å². The van der Waals surface area contributed by atoms with Crippen LogP contribution in [0.1, 0.15) is 29.3 Å². The molecule has 4 rings (SSSR count). The number of fused-ring (bicyclic) bond motifs is 1. The SMILES string of the molecule is N#Cc1ccc(NC(=O)N2CCN(C3CCOc4cc(C(F)(F)F)ccc43)CC2)cn1. The van der Waals surface area contributed by atoms with Crippen molar-refractivity contribution < 1.29 is 22.7 Å². The molecule has 0 aliphatic carbocycles. The fraction of sp³-hybridized carbons (Fsp3) is 0.381. The number of urea groups is 1. The minimum Gasteiger partial charge on any atom is -0.493 e. The van der Waals surface area contributed by atoms with Crippen LogP contribution in [0.4, 0.5) is 23.7 Å². The van der Waals surface area contributed by atoms with Crippen molar-refractivity contribution in [2.45, 2.75) is 18.6 Å². The van der Waals surface area contributed by atoms with E-state index in [1.807, 2.05) is 6.07 Å². The maximum atomic E-state index is 13.0. The first-order valence-electron chi connectivity index (χ1n) is 9.85. The molecule has 7 nitrogen and oxygen atoms in total. The van der Waals surface area contributed by atoms with Crippen LogP contribution in [0.3, 0.4) is 0 Å². The van der Waals surface area contributed by atoms with E-state index in [2.05, 4.69) is 15.2 Å². The summed E-state index contributed by atoms with van der Waals surface area (Å²) in [5.41, 5.74) is 0.808. The van der Waals surface area contributed by atoms with Crippen LogP contribution in [0.2, 0.25) is 0 Å². The highest BCUT2D eigenvalue weighted by Crippen LogP contribution is 2.40. The van der Waals surface area contributed by atoms with Gasteiger partial charge in [-0.15, -0.1) is 0 Å². The Bertz CT molecular complexity index is 996. The summed E-state index contributed by atoms with van der Waals surface area (Å²) in [5.74, 6) is 0.277. The summed E-state index contributed by atoms with van der Waals surface area (Å²) in [4.78, 5) is 20.3. The monoisotopic (exact) mass is 431 g/mol. The lowest BCUT2D eigenvalue weighted by atomic mass is 9.96. The summed E-state index contributed by atoms with van der Waals surface area (Å²) in [6, 6.07) is 8.43. The zero-order chi connectivity index (χ0) is 22.0. The number of carbonyl (C=O) groups excluding carboxylic acids is 1. The lowest BCUT2D eigenvalue weighted by Gasteiger charge is -2.41. The highest BCUT2D eigenvalue weighted by Gasteiger charge is 2.35. The molecule has 0 bridgehead atoms. The van der Waals surface area contributed by atoms with E-state index in [4.69, 9.17) is 10.00 Å². The van der Waals surface area contributed by atoms with E-state index in [0.29, 0.717) is 44.9 Å². The third-order valence-corrected chi connectivity index (χ3v) is 5.52. The minimum absolute atomic E-state index is 0.0426. The molecule has 1 saturated heterocycles. The summed E-state index contributed by atoms with van der Waals surface area (Å²) in [7, 11) is 0. The van der Waals surface area contributed by atoms with Gasteiger partial charge in [0, 0.05) is 44.2 Å². The second kappa shape index (κ2) is 8.43. The van der Waals surface area contributed by atoms with Crippen molar-refractivity contribution in [3.05, 3.63) is 53.3 Å². The summed E-state index contributed by atoms with van der Waals surface area (Å²) in [5, 5.41) is 11.5. The average molecular weight is 431 g/mol. The number of piperazine rings is 1. The predicted octanol–water partition coefficient (Wildman–Crippen LogP) is 3.65. The van der Waals surface area contributed by atoms with Crippen LogP contribution in [0.5, 0.6) is 5.75 Å². The summed E-state index contributed by atoms with van der Waals surface area (Å²) < 4.78 is 44.5. The number of halogens is 3. The first-order valence-corrected chi connectivity index (χ1v) is 9.85. The number of anilines is 1. The van der Waals surface area contributed by atoms with Gasteiger partial charge in [-0.1, -0.05) is 6.07 Å². The topological polar surface area (TPSA) is 81.5 Å². The molecule has 3 heterocycles. The zero-order valence-corrected chi connectivity index (χ0v) is 16.5. The van der Waals surface area contributed by atoms with Gasteiger partial charge in [0.2, 0.25) is 0 Å². The summed E-state index contributed by atoms with van der Waals surface area (Å²) in [6.07, 6.45) is -2.29. The number of carbonyl (C=O) groups is 1. The molecule has 0 spiro atoms. The number of benzene rings is 1. The second-order valence-electron chi connectivity index (χ2n) is 7.40. The number of amides is 2. The Balaban J connectivity index is 1.38. The van der Waals surface area contributed by atoms with E-state index in [0.717, 1.165) is 17.7 Å². The normalized spacial score (nSPS) is 19.2. The standard InChI is InChI=1S/C21H20F3N5O2/c22-21(23,24)14-1-4-17-18(5-10-31-19(17)11-14)28-6-8-29(9-7-28)20(30)27-16-3-2-15(12-25)26-13-16/h1-4,11,13,18H,5-10H2,(H,27,30). The van der Waals surface area contributed by atoms with Crippen LogP contribution in [-0.2, 0) is 6.18 Å². The number of pyridine rings is 1. The number of ether oxygens (including phenoxy) is 1. The van der Waals surface area contributed by atoms with Crippen molar-refractivity contribution in [3.8, 4) is 11.8 Å². The molecule has 31 heavy (non-hydrogen) atoms. The van der Waals surface area contributed by atoms with Gasteiger partial charge in [-0.25, -0.2) is 9.78 Å². The van der Waals surface area contributed by atoms with Gasteiger partial charge in [-0.2, -0.15) is 18.4 Å². The molecule has 162 valence electrons. The van der Waals surface area contributed by atoms with Crippen LogP contribution >= 0.6 is 0 Å². The number of nitriles is 1. The number of aromatic nitrogens is 1. The zero-order valence-electron chi connectivity index (χ0n) is 16.5. The van der Waals surface area contributed by atoms with Crippen molar-refractivity contribution >= 4 is 11.7 Å². The molecular weight excluding hydrogens is 411 g/mol. The Hall–Kier alpha value is -3.32. The maximum absolute atomic E-state index is 13.0. The Labute approximate surface area is 177 Å². The molecular formula is C21H20F3N5O2. The molecule has 2 aliphatic rings. The molecule has 1 fully saturated rings. The van der Waals surface area contributed by atoms with Gasteiger partial charge in [-0.3, -0.25) is 4.90 Å². The van der Waals surface area contributed by atoms with Gasteiger partial charge < -0.3 is 15.0 Å². The van der Waals surface area contributed by atoms with Crippen LogP contribution in [0.25, 0.3) is 0 Å². The molecule has 1 N–H and O–H groups in total. The largest absolute Gasteiger partial charge is 0.493 e. The van der Waals surface area contributed by atoms with Crippen molar-refractivity contribution in [1.82, 2.24) is 14.8 Å². The fourth-order valence-corrected chi connectivity index (χ4v) is 3.90. The first kappa shape index (κ1) is 20.9. The molecule has 0 radical (unpaired) electrons. The molecule has 1 unspecified atom stereocenters. The Morgan fingerprint density at radius 3 is 2.61 bits per heavy atom. The Morgan fingerprint density at radius 1 is 1.19 bits per heavy atom. The van der Waals surface area contributed by atoms with Crippen LogP contribution in [-0.4, -0.2) is 53.6 Å². The lowest BCUT2D eigenvalue weighted by molar-refractivity contribution is -0.137. The fourth-order valence-electron chi connectivity index (χ4n) is 3.90.